The van der Waals surface area contributed by atoms with Crippen LogP contribution in [0.15, 0.2) is 36.4 Å². The van der Waals surface area contributed by atoms with Gasteiger partial charge in [-0.1, -0.05) is 88.6 Å². The summed E-state index contributed by atoms with van der Waals surface area (Å²) in [5.41, 5.74) is 2.06. The molecular formula is C25H41NO. The van der Waals surface area contributed by atoms with Gasteiger partial charge in [-0.3, -0.25) is 4.79 Å². The van der Waals surface area contributed by atoms with Gasteiger partial charge in [-0.25, -0.2) is 0 Å². The number of rotatable bonds is 16. The Labute approximate surface area is 167 Å². The molecule has 0 radical (unpaired) electrons. The predicted molar refractivity (Wildman–Crippen MR) is 119 cm³/mol. The number of amides is 1. The van der Waals surface area contributed by atoms with Crippen LogP contribution >= 0.6 is 0 Å². The number of carbonyl (C=O) groups is 1. The van der Waals surface area contributed by atoms with E-state index < -0.39 is 0 Å². The zero-order valence-corrected chi connectivity index (χ0v) is 17.8. The van der Waals surface area contributed by atoms with Crippen LogP contribution in [0.2, 0.25) is 0 Å². The Bertz CT molecular complexity index is 521. The van der Waals surface area contributed by atoms with E-state index in [0.29, 0.717) is 6.42 Å². The van der Waals surface area contributed by atoms with Gasteiger partial charge in [0.25, 0.3) is 0 Å². The first-order chi connectivity index (χ1) is 13.2. The molecule has 0 aliphatic heterocycles. The third kappa shape index (κ3) is 13.3. The minimum atomic E-state index is 0.141. The van der Waals surface area contributed by atoms with Crippen molar-refractivity contribution < 1.29 is 4.79 Å². The SMILES string of the molecule is CCCCCCCCC=CCCCCCCCC(=O)Nc1ccccc1C. The Kier molecular flexibility index (Phi) is 14.4. The molecule has 0 heterocycles. The number of hydrogen-bond acceptors (Lipinski definition) is 1. The first kappa shape index (κ1) is 23.5. The van der Waals surface area contributed by atoms with Crippen molar-refractivity contribution in [1.29, 1.82) is 0 Å². The van der Waals surface area contributed by atoms with Crippen LogP contribution in [0.1, 0.15) is 102 Å². The Balaban J connectivity index is 1.88. The molecule has 0 aromatic heterocycles. The first-order valence-corrected chi connectivity index (χ1v) is 11.2. The van der Waals surface area contributed by atoms with Crippen LogP contribution in [0.5, 0.6) is 0 Å². The maximum absolute atomic E-state index is 12.0. The highest BCUT2D eigenvalue weighted by Gasteiger charge is 2.03. The number of carbonyl (C=O) groups excluding carboxylic acids is 1. The van der Waals surface area contributed by atoms with Crippen LogP contribution < -0.4 is 5.32 Å². The Morgan fingerprint density at radius 1 is 0.815 bits per heavy atom. The zero-order chi connectivity index (χ0) is 19.6. The summed E-state index contributed by atoms with van der Waals surface area (Å²) in [5, 5.41) is 3.01. The summed E-state index contributed by atoms with van der Waals surface area (Å²) in [6, 6.07) is 7.95. The number of nitrogens with one attached hydrogen (secondary N) is 1. The van der Waals surface area contributed by atoms with Gasteiger partial charge in [-0.15, -0.1) is 0 Å². The lowest BCUT2D eigenvalue weighted by molar-refractivity contribution is -0.116. The lowest BCUT2D eigenvalue weighted by atomic mass is 10.1. The van der Waals surface area contributed by atoms with Crippen molar-refractivity contribution in [2.24, 2.45) is 0 Å². The van der Waals surface area contributed by atoms with Crippen molar-refractivity contribution in [3.8, 4) is 0 Å². The normalized spacial score (nSPS) is 11.2. The smallest absolute Gasteiger partial charge is 0.224 e. The van der Waals surface area contributed by atoms with Crippen LogP contribution in [0.25, 0.3) is 0 Å². The van der Waals surface area contributed by atoms with E-state index in [9.17, 15) is 4.79 Å². The molecule has 2 nitrogen and oxygen atoms in total. The number of benzene rings is 1. The molecule has 0 bridgehead atoms. The van der Waals surface area contributed by atoms with Crippen molar-refractivity contribution in [3.05, 3.63) is 42.0 Å². The summed E-state index contributed by atoms with van der Waals surface area (Å²) in [4.78, 5) is 12.0. The molecule has 0 spiro atoms. The fraction of sp³-hybridized carbons (Fsp3) is 0.640. The van der Waals surface area contributed by atoms with Gasteiger partial charge in [0.2, 0.25) is 5.91 Å². The molecule has 1 N–H and O–H groups in total. The number of anilines is 1. The van der Waals surface area contributed by atoms with E-state index in [0.717, 1.165) is 24.1 Å². The second kappa shape index (κ2) is 16.6. The molecule has 1 rings (SSSR count). The molecule has 0 aliphatic carbocycles. The molecule has 0 saturated carbocycles. The molecule has 0 fully saturated rings. The average molecular weight is 372 g/mol. The topological polar surface area (TPSA) is 29.1 Å². The number of aryl methyl sites for hydroxylation is 1. The third-order valence-corrected chi connectivity index (χ3v) is 5.08. The second-order valence-electron chi connectivity index (χ2n) is 7.70. The van der Waals surface area contributed by atoms with E-state index in [1.807, 2.05) is 31.2 Å². The quantitative estimate of drug-likeness (QED) is 0.232. The van der Waals surface area contributed by atoms with E-state index in [-0.39, 0.29) is 5.91 Å². The minimum absolute atomic E-state index is 0.141. The highest BCUT2D eigenvalue weighted by molar-refractivity contribution is 5.91. The first-order valence-electron chi connectivity index (χ1n) is 11.2. The van der Waals surface area contributed by atoms with Gasteiger partial charge in [-0.2, -0.15) is 0 Å². The molecular weight excluding hydrogens is 330 g/mol. The van der Waals surface area contributed by atoms with E-state index in [4.69, 9.17) is 0 Å². The van der Waals surface area contributed by atoms with Gasteiger partial charge in [0, 0.05) is 12.1 Å². The zero-order valence-electron chi connectivity index (χ0n) is 17.8. The summed E-state index contributed by atoms with van der Waals surface area (Å²) in [7, 11) is 0. The van der Waals surface area contributed by atoms with Crippen molar-refractivity contribution in [1.82, 2.24) is 0 Å². The summed E-state index contributed by atoms with van der Waals surface area (Å²) in [5.74, 6) is 0.141. The highest BCUT2D eigenvalue weighted by atomic mass is 16.1. The molecule has 1 amide bonds. The maximum atomic E-state index is 12.0. The molecule has 1 aromatic rings. The maximum Gasteiger partial charge on any atom is 0.224 e. The molecule has 0 atom stereocenters. The summed E-state index contributed by atoms with van der Waals surface area (Å²) in [6.07, 6.45) is 22.1. The van der Waals surface area contributed by atoms with Gasteiger partial charge >= 0.3 is 0 Å². The van der Waals surface area contributed by atoms with Gasteiger partial charge in [0.15, 0.2) is 0 Å². The second-order valence-corrected chi connectivity index (χ2v) is 7.70. The number of hydrogen-bond donors (Lipinski definition) is 1. The fourth-order valence-electron chi connectivity index (χ4n) is 3.28. The van der Waals surface area contributed by atoms with Crippen LogP contribution in [0.4, 0.5) is 5.69 Å². The van der Waals surface area contributed by atoms with E-state index >= 15 is 0 Å². The third-order valence-electron chi connectivity index (χ3n) is 5.08. The number of unbranched alkanes of at least 4 members (excludes halogenated alkanes) is 11. The standard InChI is InChI=1S/C25H41NO/c1-3-4-5-6-7-8-9-10-11-12-13-14-15-16-17-22-25(27)26-24-21-19-18-20-23(24)2/h10-11,18-21H,3-9,12-17,22H2,1-2H3,(H,26,27). The Hall–Kier alpha value is -1.57. The van der Waals surface area contributed by atoms with Crippen molar-refractivity contribution in [3.63, 3.8) is 0 Å². The fourth-order valence-corrected chi connectivity index (χ4v) is 3.28. The van der Waals surface area contributed by atoms with Crippen LogP contribution in [-0.2, 0) is 4.79 Å². The molecule has 1 aromatic carbocycles. The number of allylic oxidation sites excluding steroid dienone is 2. The Morgan fingerprint density at radius 3 is 2.00 bits per heavy atom. The largest absolute Gasteiger partial charge is 0.326 e. The molecule has 0 saturated heterocycles. The lowest BCUT2D eigenvalue weighted by Gasteiger charge is -2.07. The molecule has 2 heteroatoms. The van der Waals surface area contributed by atoms with Gasteiger partial charge in [-0.05, 0) is 50.7 Å². The monoisotopic (exact) mass is 371 g/mol. The van der Waals surface area contributed by atoms with Crippen molar-refractivity contribution in [2.45, 2.75) is 104 Å². The van der Waals surface area contributed by atoms with Gasteiger partial charge < -0.3 is 5.32 Å². The van der Waals surface area contributed by atoms with E-state index in [2.05, 4.69) is 24.4 Å². The van der Waals surface area contributed by atoms with E-state index in [1.165, 1.54) is 70.6 Å². The van der Waals surface area contributed by atoms with Crippen LogP contribution in [0, 0.1) is 6.92 Å². The van der Waals surface area contributed by atoms with Gasteiger partial charge in [0.05, 0.1) is 0 Å². The van der Waals surface area contributed by atoms with Crippen LogP contribution in [0.3, 0.4) is 0 Å². The molecule has 0 unspecified atom stereocenters. The van der Waals surface area contributed by atoms with Crippen molar-refractivity contribution in [2.75, 3.05) is 5.32 Å². The molecule has 0 aliphatic rings. The summed E-state index contributed by atoms with van der Waals surface area (Å²) < 4.78 is 0. The highest BCUT2D eigenvalue weighted by Crippen LogP contribution is 2.14. The molecule has 152 valence electrons. The summed E-state index contributed by atoms with van der Waals surface area (Å²) in [6.45, 7) is 4.30. The van der Waals surface area contributed by atoms with Crippen molar-refractivity contribution >= 4 is 11.6 Å². The minimum Gasteiger partial charge on any atom is -0.326 e. The predicted octanol–water partition coefficient (Wildman–Crippen LogP) is 7.97. The van der Waals surface area contributed by atoms with Crippen LogP contribution in [-0.4, -0.2) is 5.91 Å². The Morgan fingerprint density at radius 2 is 1.37 bits per heavy atom. The number of para-hydroxylation sites is 1. The summed E-state index contributed by atoms with van der Waals surface area (Å²) >= 11 is 0. The van der Waals surface area contributed by atoms with Gasteiger partial charge in [0.1, 0.15) is 0 Å². The lowest BCUT2D eigenvalue weighted by Crippen LogP contribution is -2.11. The molecule has 27 heavy (non-hydrogen) atoms. The van der Waals surface area contributed by atoms with E-state index in [1.54, 1.807) is 0 Å². The average Bonchev–Trinajstić information content (AvgIpc) is 2.66.